The van der Waals surface area contributed by atoms with Gasteiger partial charge in [0, 0.05) is 30.3 Å². The Labute approximate surface area is 150 Å². The number of likely N-dealkylation sites (tertiary alicyclic amines) is 1. The van der Waals surface area contributed by atoms with Crippen molar-refractivity contribution in [3.8, 4) is 5.75 Å². The number of carbonyl (C=O) groups is 1. The third-order valence-electron chi connectivity index (χ3n) is 4.59. The van der Waals surface area contributed by atoms with Crippen LogP contribution in [0.3, 0.4) is 0 Å². The van der Waals surface area contributed by atoms with Gasteiger partial charge >= 0.3 is 0 Å². The third-order valence-corrected chi connectivity index (χ3v) is 5.32. The van der Waals surface area contributed by atoms with E-state index in [1.165, 1.54) is 6.07 Å². The fourth-order valence-corrected chi connectivity index (χ4v) is 3.53. The van der Waals surface area contributed by atoms with Crippen LogP contribution in [0.5, 0.6) is 5.75 Å². The van der Waals surface area contributed by atoms with Gasteiger partial charge in [-0.2, -0.15) is 0 Å². The number of hydrogen-bond acceptors (Lipinski definition) is 5. The van der Waals surface area contributed by atoms with Crippen molar-refractivity contribution in [2.24, 2.45) is 11.7 Å². The molecule has 1 aromatic carbocycles. The third kappa shape index (κ3) is 3.95. The van der Waals surface area contributed by atoms with E-state index < -0.39 is 24.7 Å². The molecule has 134 valence electrons. The van der Waals surface area contributed by atoms with E-state index in [-0.39, 0.29) is 22.7 Å². The summed E-state index contributed by atoms with van der Waals surface area (Å²) in [5, 5.41) is 29.1. The van der Waals surface area contributed by atoms with E-state index in [0.717, 1.165) is 0 Å². The molecule has 24 heavy (non-hydrogen) atoms. The van der Waals surface area contributed by atoms with Gasteiger partial charge in [0.1, 0.15) is 5.75 Å². The van der Waals surface area contributed by atoms with Crippen molar-refractivity contribution < 1.29 is 20.1 Å². The number of phenolic OH excluding ortho intramolecular Hbond substituents is 1. The van der Waals surface area contributed by atoms with Crippen molar-refractivity contribution in [3.05, 3.63) is 27.7 Å². The number of halogens is 2. The Morgan fingerprint density at radius 1 is 1.42 bits per heavy atom. The van der Waals surface area contributed by atoms with E-state index >= 15 is 0 Å². The molecule has 0 spiro atoms. The minimum Gasteiger partial charge on any atom is -0.508 e. The molecule has 0 radical (unpaired) electrons. The van der Waals surface area contributed by atoms with E-state index in [1.807, 2.05) is 6.92 Å². The highest BCUT2D eigenvalue weighted by molar-refractivity contribution is 6.42. The number of piperidine rings is 1. The number of aliphatic hydroxyl groups excluding tert-OH is 2. The first-order valence-corrected chi connectivity index (χ1v) is 8.54. The van der Waals surface area contributed by atoms with Crippen LogP contribution in [0.25, 0.3) is 0 Å². The SMILES string of the molecule is C[C@H]1C[C@H]([C@@H](N)c2cc(Cl)c(Cl)cc2O)CCN1C(=O)[C@H](O)CO. The predicted molar refractivity (Wildman–Crippen MR) is 92.0 cm³/mol. The highest BCUT2D eigenvalue weighted by atomic mass is 35.5. The lowest BCUT2D eigenvalue weighted by molar-refractivity contribution is -0.146. The van der Waals surface area contributed by atoms with Gasteiger partial charge in [-0.15, -0.1) is 0 Å². The summed E-state index contributed by atoms with van der Waals surface area (Å²) in [6.45, 7) is 1.70. The van der Waals surface area contributed by atoms with E-state index in [4.69, 9.17) is 34.0 Å². The van der Waals surface area contributed by atoms with E-state index in [1.54, 1.807) is 11.0 Å². The first-order valence-electron chi connectivity index (χ1n) is 7.79. The Hall–Kier alpha value is -1.05. The van der Waals surface area contributed by atoms with Crippen molar-refractivity contribution >= 4 is 29.1 Å². The van der Waals surface area contributed by atoms with Gasteiger partial charge < -0.3 is 26.0 Å². The largest absolute Gasteiger partial charge is 0.508 e. The van der Waals surface area contributed by atoms with Crippen molar-refractivity contribution in [1.82, 2.24) is 4.90 Å². The Kier molecular flexibility index (Phi) is 6.33. The molecule has 1 amide bonds. The number of hydrogen-bond donors (Lipinski definition) is 4. The van der Waals surface area contributed by atoms with Crippen molar-refractivity contribution in [3.63, 3.8) is 0 Å². The molecule has 0 unspecified atom stereocenters. The van der Waals surface area contributed by atoms with E-state index in [9.17, 15) is 15.0 Å². The average Bonchev–Trinajstić information content (AvgIpc) is 2.56. The van der Waals surface area contributed by atoms with Gasteiger partial charge in [0.25, 0.3) is 5.91 Å². The molecule has 0 aromatic heterocycles. The number of nitrogens with zero attached hydrogens (tertiary/aromatic N) is 1. The van der Waals surface area contributed by atoms with Crippen molar-refractivity contribution in [1.29, 1.82) is 0 Å². The maximum Gasteiger partial charge on any atom is 0.254 e. The van der Waals surface area contributed by atoms with Gasteiger partial charge in [-0.1, -0.05) is 23.2 Å². The smallest absolute Gasteiger partial charge is 0.254 e. The Morgan fingerprint density at radius 3 is 2.62 bits per heavy atom. The Balaban J connectivity index is 2.10. The monoisotopic (exact) mass is 376 g/mol. The number of phenols is 1. The number of rotatable bonds is 4. The Bertz CT molecular complexity index is 614. The first-order chi connectivity index (χ1) is 11.3. The van der Waals surface area contributed by atoms with Crippen LogP contribution in [0, 0.1) is 5.92 Å². The zero-order valence-corrected chi connectivity index (χ0v) is 14.8. The standard InChI is InChI=1S/C16H22Cl2N2O4/c1-8-4-9(2-3-20(8)16(24)14(23)7-21)15(19)10-5-11(17)12(18)6-13(10)22/h5-6,8-9,14-15,21-23H,2-4,7,19H2,1H3/t8-,9+,14+,15+/m0/s1. The number of aromatic hydroxyl groups is 1. The fourth-order valence-electron chi connectivity index (χ4n) is 3.20. The van der Waals surface area contributed by atoms with Crippen LogP contribution in [-0.4, -0.2) is 51.4 Å². The normalized spacial score (nSPS) is 23.8. The molecule has 1 aliphatic heterocycles. The van der Waals surface area contributed by atoms with Gasteiger partial charge in [0.2, 0.25) is 0 Å². The van der Waals surface area contributed by atoms with Crippen LogP contribution >= 0.6 is 23.2 Å². The molecule has 1 aromatic rings. The summed E-state index contributed by atoms with van der Waals surface area (Å²) in [5.41, 5.74) is 6.83. The molecule has 1 aliphatic rings. The van der Waals surface area contributed by atoms with Gasteiger partial charge in [-0.3, -0.25) is 4.79 Å². The molecule has 6 nitrogen and oxygen atoms in total. The lowest BCUT2D eigenvalue weighted by Crippen LogP contribution is -2.50. The number of carbonyl (C=O) groups excluding carboxylic acids is 1. The van der Waals surface area contributed by atoms with Crippen LogP contribution in [0.15, 0.2) is 12.1 Å². The zero-order chi connectivity index (χ0) is 18.0. The highest BCUT2D eigenvalue weighted by Gasteiger charge is 2.35. The molecular formula is C16H22Cl2N2O4. The van der Waals surface area contributed by atoms with Gasteiger partial charge in [0.15, 0.2) is 6.10 Å². The summed E-state index contributed by atoms with van der Waals surface area (Å²) in [7, 11) is 0. The molecule has 0 aliphatic carbocycles. The first kappa shape index (κ1) is 19.3. The molecule has 2 rings (SSSR count). The quantitative estimate of drug-likeness (QED) is 0.639. The lowest BCUT2D eigenvalue weighted by Gasteiger charge is -2.40. The molecule has 1 heterocycles. The van der Waals surface area contributed by atoms with Crippen LogP contribution in [0.1, 0.15) is 31.4 Å². The average molecular weight is 377 g/mol. The molecule has 1 saturated heterocycles. The Morgan fingerprint density at radius 2 is 2.04 bits per heavy atom. The topological polar surface area (TPSA) is 107 Å². The second-order valence-electron chi connectivity index (χ2n) is 6.21. The summed E-state index contributed by atoms with van der Waals surface area (Å²) in [4.78, 5) is 13.6. The number of aliphatic hydroxyl groups is 2. The van der Waals surface area contributed by atoms with Crippen LogP contribution in [-0.2, 0) is 4.79 Å². The van der Waals surface area contributed by atoms with Crippen molar-refractivity contribution in [2.45, 2.75) is 38.0 Å². The number of nitrogens with two attached hydrogens (primary N) is 1. The fraction of sp³-hybridized carbons (Fsp3) is 0.562. The molecule has 8 heteroatoms. The highest BCUT2D eigenvalue weighted by Crippen LogP contribution is 2.38. The minimum absolute atomic E-state index is 0.00115. The van der Waals surface area contributed by atoms with Gasteiger partial charge in [-0.05, 0) is 31.7 Å². The maximum absolute atomic E-state index is 12.0. The predicted octanol–water partition coefficient (Wildman–Crippen LogP) is 1.68. The second-order valence-corrected chi connectivity index (χ2v) is 7.03. The summed E-state index contributed by atoms with van der Waals surface area (Å²) < 4.78 is 0. The number of amides is 1. The second kappa shape index (κ2) is 7.89. The van der Waals surface area contributed by atoms with Crippen LogP contribution in [0.4, 0.5) is 0 Å². The van der Waals surface area contributed by atoms with Crippen LogP contribution < -0.4 is 5.73 Å². The molecule has 4 atom stereocenters. The summed E-state index contributed by atoms with van der Waals surface area (Å²) in [5.74, 6) is -0.438. The van der Waals surface area contributed by atoms with Crippen molar-refractivity contribution in [2.75, 3.05) is 13.2 Å². The molecular weight excluding hydrogens is 355 g/mol. The molecule has 0 bridgehead atoms. The lowest BCUT2D eigenvalue weighted by atomic mass is 9.82. The van der Waals surface area contributed by atoms with E-state index in [2.05, 4.69) is 0 Å². The number of benzene rings is 1. The minimum atomic E-state index is -1.39. The molecule has 5 N–H and O–H groups in total. The maximum atomic E-state index is 12.0. The summed E-state index contributed by atoms with van der Waals surface area (Å²) >= 11 is 11.9. The van der Waals surface area contributed by atoms with Gasteiger partial charge in [0.05, 0.1) is 16.7 Å². The molecule has 1 fully saturated rings. The van der Waals surface area contributed by atoms with Gasteiger partial charge in [-0.25, -0.2) is 0 Å². The summed E-state index contributed by atoms with van der Waals surface area (Å²) in [6, 6.07) is 2.37. The zero-order valence-electron chi connectivity index (χ0n) is 13.3. The molecule has 0 saturated carbocycles. The van der Waals surface area contributed by atoms with E-state index in [0.29, 0.717) is 30.0 Å². The van der Waals surface area contributed by atoms with Crippen LogP contribution in [0.2, 0.25) is 10.0 Å². The summed E-state index contributed by atoms with van der Waals surface area (Å²) in [6.07, 6.45) is -0.156.